The van der Waals surface area contributed by atoms with E-state index < -0.39 is 17.8 Å². The molecule has 2 aromatic heterocycles. The van der Waals surface area contributed by atoms with Crippen LogP contribution in [0.2, 0.25) is 0 Å². The number of halogens is 3. The highest BCUT2D eigenvalue weighted by Crippen LogP contribution is 2.32. The van der Waals surface area contributed by atoms with Crippen LogP contribution in [0.15, 0.2) is 36.5 Å². The zero-order valence-electron chi connectivity index (χ0n) is 12.4. The lowest BCUT2D eigenvalue weighted by atomic mass is 10.2. The molecule has 0 aliphatic carbocycles. The summed E-state index contributed by atoms with van der Waals surface area (Å²) in [6, 6.07) is 7.20. The Bertz CT molecular complexity index is 888. The molecule has 1 aromatic carbocycles. The molecule has 24 heavy (non-hydrogen) atoms. The molecular weight excluding hydrogens is 341 g/mol. The van der Waals surface area contributed by atoms with Crippen LogP contribution in [-0.2, 0) is 10.9 Å². The molecule has 2 heterocycles. The van der Waals surface area contributed by atoms with E-state index in [0.717, 1.165) is 17.0 Å². The van der Waals surface area contributed by atoms with Crippen molar-refractivity contribution in [2.24, 2.45) is 0 Å². The highest BCUT2D eigenvalue weighted by Gasteiger charge is 2.32. The second-order valence-corrected chi connectivity index (χ2v) is 5.88. The van der Waals surface area contributed by atoms with E-state index in [1.807, 2.05) is 0 Å². The maximum absolute atomic E-state index is 12.6. The third kappa shape index (κ3) is 3.23. The second kappa shape index (κ2) is 6.20. The van der Waals surface area contributed by atoms with Crippen molar-refractivity contribution in [1.82, 2.24) is 9.97 Å². The van der Waals surface area contributed by atoms with Crippen LogP contribution in [0.1, 0.15) is 23.0 Å². The third-order valence-electron chi connectivity index (χ3n) is 3.20. The number of carbonyl (C=O) groups is 1. The van der Waals surface area contributed by atoms with E-state index in [4.69, 9.17) is 4.74 Å². The molecule has 0 saturated carbocycles. The number of alkyl halides is 3. The van der Waals surface area contributed by atoms with E-state index in [0.29, 0.717) is 21.7 Å². The summed E-state index contributed by atoms with van der Waals surface area (Å²) in [4.78, 5) is 19.5. The Morgan fingerprint density at radius 2 is 2.04 bits per heavy atom. The predicted molar refractivity (Wildman–Crippen MR) is 83.8 cm³/mol. The standard InChI is InChI=1S/C16H11F3N2O2S/c1-2-23-15(22)9-3-5-11-12(7-9)24-14(21-11)10-4-6-13(20-8-10)16(17,18)19/h3-8H,2H2,1H3. The number of rotatable bonds is 3. The van der Waals surface area contributed by atoms with Gasteiger partial charge in [-0.1, -0.05) is 0 Å². The zero-order valence-corrected chi connectivity index (χ0v) is 13.2. The van der Waals surface area contributed by atoms with Crippen molar-refractivity contribution in [3.05, 3.63) is 47.8 Å². The molecule has 0 aliphatic heterocycles. The topological polar surface area (TPSA) is 52.1 Å². The van der Waals surface area contributed by atoms with E-state index in [1.165, 1.54) is 17.4 Å². The van der Waals surface area contributed by atoms with Gasteiger partial charge in [0.1, 0.15) is 10.7 Å². The minimum absolute atomic E-state index is 0.280. The van der Waals surface area contributed by atoms with Crippen molar-refractivity contribution in [3.63, 3.8) is 0 Å². The van der Waals surface area contributed by atoms with Gasteiger partial charge in [-0.3, -0.25) is 4.98 Å². The van der Waals surface area contributed by atoms with Gasteiger partial charge in [-0.2, -0.15) is 13.2 Å². The van der Waals surface area contributed by atoms with Crippen LogP contribution in [0.25, 0.3) is 20.8 Å². The van der Waals surface area contributed by atoms with Gasteiger partial charge in [0.15, 0.2) is 0 Å². The highest BCUT2D eigenvalue weighted by atomic mass is 32.1. The molecule has 0 spiro atoms. The van der Waals surface area contributed by atoms with Crippen LogP contribution < -0.4 is 0 Å². The fourth-order valence-corrected chi connectivity index (χ4v) is 3.07. The lowest BCUT2D eigenvalue weighted by Crippen LogP contribution is -2.07. The van der Waals surface area contributed by atoms with Gasteiger partial charge in [0.05, 0.1) is 22.4 Å². The van der Waals surface area contributed by atoms with Gasteiger partial charge in [0, 0.05) is 11.8 Å². The third-order valence-corrected chi connectivity index (χ3v) is 4.27. The summed E-state index contributed by atoms with van der Waals surface area (Å²) in [5, 5.41) is 0.534. The van der Waals surface area contributed by atoms with Crippen LogP contribution in [-0.4, -0.2) is 22.5 Å². The predicted octanol–water partition coefficient (Wildman–Crippen LogP) is 4.55. The first-order valence-corrected chi connectivity index (χ1v) is 7.81. The van der Waals surface area contributed by atoms with Crippen molar-refractivity contribution < 1.29 is 22.7 Å². The quantitative estimate of drug-likeness (QED) is 0.649. The fraction of sp³-hybridized carbons (Fsp3) is 0.188. The summed E-state index contributed by atoms with van der Waals surface area (Å²) < 4.78 is 43.3. The number of esters is 1. The number of nitrogens with zero attached hydrogens (tertiary/aromatic N) is 2. The molecular formula is C16H11F3N2O2S. The average Bonchev–Trinajstić information content (AvgIpc) is 2.97. The average molecular weight is 352 g/mol. The Balaban J connectivity index is 1.94. The number of hydrogen-bond acceptors (Lipinski definition) is 5. The van der Waals surface area contributed by atoms with E-state index >= 15 is 0 Å². The minimum Gasteiger partial charge on any atom is -0.462 e. The van der Waals surface area contributed by atoms with Crippen molar-refractivity contribution in [2.75, 3.05) is 6.61 Å². The number of hydrogen-bond donors (Lipinski definition) is 0. The summed E-state index contributed by atoms with van der Waals surface area (Å²) in [5.74, 6) is -0.425. The Kier molecular flexibility index (Phi) is 4.23. The molecule has 124 valence electrons. The van der Waals surface area contributed by atoms with Gasteiger partial charge in [-0.25, -0.2) is 9.78 Å². The first-order valence-electron chi connectivity index (χ1n) is 7.00. The molecule has 0 radical (unpaired) electrons. The van der Waals surface area contributed by atoms with E-state index in [9.17, 15) is 18.0 Å². The molecule has 0 amide bonds. The summed E-state index contributed by atoms with van der Waals surface area (Å²) in [7, 11) is 0. The summed E-state index contributed by atoms with van der Waals surface area (Å²) in [6.45, 7) is 2.00. The van der Waals surface area contributed by atoms with Gasteiger partial charge in [-0.15, -0.1) is 11.3 Å². The molecule has 0 N–H and O–H groups in total. The number of aromatic nitrogens is 2. The molecule has 0 fully saturated rings. The number of ether oxygens (including phenoxy) is 1. The normalized spacial score (nSPS) is 11.7. The van der Waals surface area contributed by atoms with Crippen LogP contribution >= 0.6 is 11.3 Å². The van der Waals surface area contributed by atoms with Crippen LogP contribution in [0.5, 0.6) is 0 Å². The number of thiazole rings is 1. The smallest absolute Gasteiger partial charge is 0.433 e. The number of fused-ring (bicyclic) bond motifs is 1. The molecule has 0 unspecified atom stereocenters. The lowest BCUT2D eigenvalue weighted by molar-refractivity contribution is -0.141. The van der Waals surface area contributed by atoms with Gasteiger partial charge in [0.25, 0.3) is 0 Å². The van der Waals surface area contributed by atoms with E-state index in [2.05, 4.69) is 9.97 Å². The Morgan fingerprint density at radius 3 is 2.67 bits per heavy atom. The SMILES string of the molecule is CCOC(=O)c1ccc2nc(-c3ccc(C(F)(F)F)nc3)sc2c1. The zero-order chi connectivity index (χ0) is 17.3. The second-order valence-electron chi connectivity index (χ2n) is 4.85. The molecule has 0 saturated heterocycles. The van der Waals surface area contributed by atoms with Crippen LogP contribution in [0, 0.1) is 0 Å². The first kappa shape index (κ1) is 16.4. The Labute approximate surface area is 138 Å². The van der Waals surface area contributed by atoms with Crippen molar-refractivity contribution >= 4 is 27.5 Å². The Hall–Kier alpha value is -2.48. The van der Waals surface area contributed by atoms with Crippen LogP contribution in [0.4, 0.5) is 13.2 Å². The maximum Gasteiger partial charge on any atom is 0.433 e. The molecule has 3 rings (SSSR count). The van der Waals surface area contributed by atoms with Gasteiger partial charge in [0.2, 0.25) is 0 Å². The lowest BCUT2D eigenvalue weighted by Gasteiger charge is -2.04. The van der Waals surface area contributed by atoms with Crippen molar-refractivity contribution in [1.29, 1.82) is 0 Å². The summed E-state index contributed by atoms with van der Waals surface area (Å²) in [6.07, 6.45) is -3.33. The van der Waals surface area contributed by atoms with E-state index in [-0.39, 0.29) is 6.61 Å². The van der Waals surface area contributed by atoms with Crippen LogP contribution in [0.3, 0.4) is 0 Å². The number of carbonyl (C=O) groups excluding carboxylic acids is 1. The van der Waals surface area contributed by atoms with Gasteiger partial charge >= 0.3 is 12.1 Å². The molecule has 0 aliphatic rings. The fourth-order valence-electron chi connectivity index (χ4n) is 2.08. The van der Waals surface area contributed by atoms with Crippen molar-refractivity contribution in [3.8, 4) is 10.6 Å². The van der Waals surface area contributed by atoms with E-state index in [1.54, 1.807) is 25.1 Å². The Morgan fingerprint density at radius 1 is 1.25 bits per heavy atom. The minimum atomic E-state index is -4.47. The monoisotopic (exact) mass is 352 g/mol. The van der Waals surface area contributed by atoms with Gasteiger partial charge < -0.3 is 4.74 Å². The largest absolute Gasteiger partial charge is 0.462 e. The molecule has 0 atom stereocenters. The number of benzene rings is 1. The maximum atomic E-state index is 12.6. The van der Waals surface area contributed by atoms with Gasteiger partial charge in [-0.05, 0) is 37.3 Å². The van der Waals surface area contributed by atoms with Crippen molar-refractivity contribution in [2.45, 2.75) is 13.1 Å². The first-order chi connectivity index (χ1) is 11.4. The summed E-state index contributed by atoms with van der Waals surface area (Å²) >= 11 is 1.27. The number of pyridine rings is 1. The summed E-state index contributed by atoms with van der Waals surface area (Å²) in [5.41, 5.74) is 0.604. The highest BCUT2D eigenvalue weighted by molar-refractivity contribution is 7.21. The molecule has 4 nitrogen and oxygen atoms in total. The molecule has 0 bridgehead atoms. The molecule has 3 aromatic rings. The molecule has 8 heteroatoms.